The Kier molecular flexibility index (Phi) is 6.54. The highest BCUT2D eigenvalue weighted by Crippen LogP contribution is 2.17. The van der Waals surface area contributed by atoms with Crippen LogP contribution < -0.4 is 10.6 Å². The zero-order chi connectivity index (χ0) is 17.5. The van der Waals surface area contributed by atoms with Gasteiger partial charge in [0.25, 0.3) is 5.91 Å². The molecule has 7 heteroatoms. The summed E-state index contributed by atoms with van der Waals surface area (Å²) in [4.78, 5) is 28.2. The summed E-state index contributed by atoms with van der Waals surface area (Å²) in [6.45, 7) is 6.35. The summed E-state index contributed by atoms with van der Waals surface area (Å²) in [5, 5.41) is 7.86. The van der Waals surface area contributed by atoms with Gasteiger partial charge in [-0.15, -0.1) is 11.3 Å². The highest BCUT2D eigenvalue weighted by molar-refractivity contribution is 7.14. The van der Waals surface area contributed by atoms with Gasteiger partial charge in [-0.3, -0.25) is 14.9 Å². The number of hydrogen-bond acceptors (Lipinski definition) is 5. The van der Waals surface area contributed by atoms with E-state index < -0.39 is 0 Å². The second-order valence-electron chi connectivity index (χ2n) is 6.19. The van der Waals surface area contributed by atoms with Gasteiger partial charge < -0.3 is 9.73 Å². The van der Waals surface area contributed by atoms with Crippen molar-refractivity contribution in [3.8, 4) is 0 Å². The van der Waals surface area contributed by atoms with Crippen LogP contribution in [0.15, 0.2) is 28.2 Å². The van der Waals surface area contributed by atoms with E-state index in [4.69, 9.17) is 4.42 Å². The molecule has 0 radical (unpaired) electrons. The SMILES string of the molecule is CC(C)CCC(C)NC(=O)Cc1csc(NC(=O)c2ccco2)n1. The Balaban J connectivity index is 1.80. The zero-order valence-electron chi connectivity index (χ0n) is 14.2. The van der Waals surface area contributed by atoms with Crippen molar-refractivity contribution in [3.05, 3.63) is 35.2 Å². The summed E-state index contributed by atoms with van der Waals surface area (Å²) in [6, 6.07) is 3.37. The van der Waals surface area contributed by atoms with E-state index in [1.165, 1.54) is 17.6 Å². The van der Waals surface area contributed by atoms with Gasteiger partial charge in [0.15, 0.2) is 10.9 Å². The van der Waals surface area contributed by atoms with Gasteiger partial charge >= 0.3 is 0 Å². The van der Waals surface area contributed by atoms with Gasteiger partial charge in [-0.25, -0.2) is 4.98 Å². The maximum atomic E-state index is 12.0. The minimum atomic E-state index is -0.354. The number of hydrogen-bond donors (Lipinski definition) is 2. The number of thiazole rings is 1. The van der Waals surface area contributed by atoms with Crippen LogP contribution in [0.5, 0.6) is 0 Å². The van der Waals surface area contributed by atoms with Crippen molar-refractivity contribution in [1.29, 1.82) is 0 Å². The van der Waals surface area contributed by atoms with Gasteiger partial charge in [0.05, 0.1) is 18.4 Å². The summed E-state index contributed by atoms with van der Waals surface area (Å²) in [6.07, 6.45) is 3.69. The molecular weight excluding hydrogens is 326 g/mol. The Hall–Kier alpha value is -2.15. The van der Waals surface area contributed by atoms with Gasteiger partial charge in [-0.2, -0.15) is 0 Å². The van der Waals surface area contributed by atoms with E-state index in [1.807, 2.05) is 6.92 Å². The summed E-state index contributed by atoms with van der Waals surface area (Å²) in [7, 11) is 0. The fraction of sp³-hybridized carbons (Fsp3) is 0.471. The first-order valence-electron chi connectivity index (χ1n) is 8.02. The molecule has 0 saturated carbocycles. The smallest absolute Gasteiger partial charge is 0.293 e. The molecule has 130 valence electrons. The van der Waals surface area contributed by atoms with Crippen LogP contribution in [0.3, 0.4) is 0 Å². The van der Waals surface area contributed by atoms with Gasteiger partial charge in [-0.1, -0.05) is 13.8 Å². The van der Waals surface area contributed by atoms with Crippen LogP contribution in [-0.4, -0.2) is 22.8 Å². The molecule has 2 N–H and O–H groups in total. The lowest BCUT2D eigenvalue weighted by atomic mass is 10.0. The molecule has 2 aromatic rings. The third kappa shape index (κ3) is 5.81. The van der Waals surface area contributed by atoms with Crippen LogP contribution in [0.4, 0.5) is 5.13 Å². The highest BCUT2D eigenvalue weighted by Gasteiger charge is 2.14. The van der Waals surface area contributed by atoms with E-state index in [0.29, 0.717) is 16.7 Å². The summed E-state index contributed by atoms with van der Waals surface area (Å²) < 4.78 is 5.02. The van der Waals surface area contributed by atoms with Gasteiger partial charge in [-0.05, 0) is 37.8 Å². The minimum absolute atomic E-state index is 0.0551. The van der Waals surface area contributed by atoms with E-state index in [0.717, 1.165) is 12.8 Å². The average Bonchev–Trinajstić information content (AvgIpc) is 3.16. The number of nitrogens with one attached hydrogen (secondary N) is 2. The number of aromatic nitrogens is 1. The molecule has 1 atom stereocenters. The van der Waals surface area contributed by atoms with Crippen molar-refractivity contribution >= 4 is 28.3 Å². The van der Waals surface area contributed by atoms with Gasteiger partial charge in [0.1, 0.15) is 0 Å². The Morgan fingerprint density at radius 2 is 2.08 bits per heavy atom. The number of rotatable bonds is 8. The van der Waals surface area contributed by atoms with Gasteiger partial charge in [0.2, 0.25) is 5.91 Å². The summed E-state index contributed by atoms with van der Waals surface area (Å²) in [5.41, 5.74) is 0.642. The zero-order valence-corrected chi connectivity index (χ0v) is 15.0. The topological polar surface area (TPSA) is 84.2 Å². The molecule has 2 aromatic heterocycles. The standard InChI is InChI=1S/C17H23N3O3S/c1-11(2)6-7-12(3)18-15(21)9-13-10-24-17(19-13)20-16(22)14-5-4-8-23-14/h4-5,8,10-12H,6-7,9H2,1-3H3,(H,18,21)(H,19,20,22). The summed E-state index contributed by atoms with van der Waals surface area (Å²) >= 11 is 1.29. The van der Waals surface area contributed by atoms with E-state index >= 15 is 0 Å². The molecule has 24 heavy (non-hydrogen) atoms. The molecule has 0 aromatic carbocycles. The molecular formula is C17H23N3O3S. The third-order valence-corrected chi connectivity index (χ3v) is 4.25. The predicted octanol–water partition coefficient (Wildman–Crippen LogP) is 3.47. The fourth-order valence-corrected chi connectivity index (χ4v) is 2.86. The van der Waals surface area contributed by atoms with Gasteiger partial charge in [0, 0.05) is 11.4 Å². The molecule has 0 fully saturated rings. The van der Waals surface area contributed by atoms with Crippen LogP contribution in [0, 0.1) is 5.92 Å². The minimum Gasteiger partial charge on any atom is -0.459 e. The predicted molar refractivity (Wildman–Crippen MR) is 94.2 cm³/mol. The quantitative estimate of drug-likeness (QED) is 0.764. The highest BCUT2D eigenvalue weighted by atomic mass is 32.1. The van der Waals surface area contributed by atoms with E-state index in [-0.39, 0.29) is 30.0 Å². The molecule has 0 saturated heterocycles. The molecule has 0 aliphatic carbocycles. The lowest BCUT2D eigenvalue weighted by molar-refractivity contribution is -0.121. The monoisotopic (exact) mass is 349 g/mol. The average molecular weight is 349 g/mol. The molecule has 2 heterocycles. The lowest BCUT2D eigenvalue weighted by Gasteiger charge is -2.14. The first-order valence-corrected chi connectivity index (χ1v) is 8.90. The van der Waals surface area contributed by atoms with Crippen LogP contribution >= 0.6 is 11.3 Å². The molecule has 0 aliphatic rings. The summed E-state index contributed by atoms with van der Waals surface area (Å²) in [5.74, 6) is 0.444. The molecule has 0 spiro atoms. The number of anilines is 1. The Labute approximate surface area is 145 Å². The Morgan fingerprint density at radius 3 is 2.75 bits per heavy atom. The van der Waals surface area contributed by atoms with Crippen LogP contribution in [0.25, 0.3) is 0 Å². The lowest BCUT2D eigenvalue weighted by Crippen LogP contribution is -2.33. The Morgan fingerprint density at radius 1 is 1.29 bits per heavy atom. The number of nitrogens with zero attached hydrogens (tertiary/aromatic N) is 1. The van der Waals surface area contributed by atoms with Crippen molar-refractivity contribution in [3.63, 3.8) is 0 Å². The van der Waals surface area contributed by atoms with Crippen molar-refractivity contribution < 1.29 is 14.0 Å². The number of carbonyl (C=O) groups excluding carboxylic acids is 2. The first-order chi connectivity index (χ1) is 11.4. The van der Waals surface area contributed by atoms with Crippen LogP contribution in [0.1, 0.15) is 49.9 Å². The largest absolute Gasteiger partial charge is 0.459 e. The van der Waals surface area contributed by atoms with E-state index in [9.17, 15) is 9.59 Å². The van der Waals surface area contributed by atoms with Crippen molar-refractivity contribution in [2.45, 2.75) is 46.1 Å². The number of carbonyl (C=O) groups is 2. The molecule has 0 bridgehead atoms. The maximum Gasteiger partial charge on any atom is 0.293 e. The molecule has 6 nitrogen and oxygen atoms in total. The van der Waals surface area contributed by atoms with E-state index in [1.54, 1.807) is 17.5 Å². The van der Waals surface area contributed by atoms with Crippen molar-refractivity contribution in [1.82, 2.24) is 10.3 Å². The van der Waals surface area contributed by atoms with Crippen molar-refractivity contribution in [2.75, 3.05) is 5.32 Å². The Bertz CT molecular complexity index is 664. The van der Waals surface area contributed by atoms with Crippen molar-refractivity contribution in [2.24, 2.45) is 5.92 Å². The van der Waals surface area contributed by atoms with Crippen LogP contribution in [0.2, 0.25) is 0 Å². The second kappa shape index (κ2) is 8.63. The molecule has 2 rings (SSSR count). The maximum absolute atomic E-state index is 12.0. The molecule has 2 amide bonds. The third-order valence-electron chi connectivity index (χ3n) is 3.44. The molecule has 0 aliphatic heterocycles. The second-order valence-corrected chi connectivity index (χ2v) is 7.05. The number of furan rings is 1. The normalized spacial score (nSPS) is 12.2. The fourth-order valence-electron chi connectivity index (χ4n) is 2.16. The van der Waals surface area contributed by atoms with Crippen LogP contribution in [-0.2, 0) is 11.2 Å². The molecule has 1 unspecified atom stereocenters. The number of amides is 2. The first kappa shape index (κ1) is 18.2. The van der Waals surface area contributed by atoms with E-state index in [2.05, 4.69) is 29.5 Å².